The van der Waals surface area contributed by atoms with Crippen LogP contribution in [0.2, 0.25) is 0 Å². The summed E-state index contributed by atoms with van der Waals surface area (Å²) in [4.78, 5) is 9.44. The second-order valence-electron chi connectivity index (χ2n) is 2.38. The van der Waals surface area contributed by atoms with Crippen LogP contribution in [0.3, 0.4) is 0 Å². The van der Waals surface area contributed by atoms with Crippen LogP contribution >= 0.6 is 0 Å². The molecule has 0 aliphatic heterocycles. The number of hydrogen-bond donors (Lipinski definition) is 0. The van der Waals surface area contributed by atoms with E-state index in [9.17, 15) is 10.1 Å². The second kappa shape index (κ2) is 3.82. The highest BCUT2D eigenvalue weighted by Gasteiger charge is 1.90. The highest BCUT2D eigenvalue weighted by Crippen LogP contribution is 1.99. The Morgan fingerprint density at radius 2 is 1.90 bits per heavy atom. The van der Waals surface area contributed by atoms with Crippen LogP contribution in [-0.2, 0) is 0 Å². The number of allylic oxidation sites excluding steroid dienone is 3. The molecule has 56 valence electrons. The normalized spacial score (nSPS) is 10.9. The fourth-order valence-corrected chi connectivity index (χ4v) is 0.659. The van der Waals surface area contributed by atoms with Crippen molar-refractivity contribution in [1.82, 2.24) is 0 Å². The van der Waals surface area contributed by atoms with E-state index in [1.807, 2.05) is 13.8 Å². The van der Waals surface area contributed by atoms with Crippen molar-refractivity contribution < 1.29 is 4.92 Å². The predicted molar refractivity (Wildman–Crippen MR) is 40.2 cm³/mol. The van der Waals surface area contributed by atoms with Gasteiger partial charge in [-0.05, 0) is 20.8 Å². The van der Waals surface area contributed by atoms with E-state index in [2.05, 4.69) is 0 Å². The Morgan fingerprint density at radius 1 is 1.40 bits per heavy atom. The molecule has 0 aromatic rings. The molecule has 0 heterocycles. The van der Waals surface area contributed by atoms with Gasteiger partial charge in [0.15, 0.2) is 0 Å². The van der Waals surface area contributed by atoms with Gasteiger partial charge in [0.1, 0.15) is 0 Å². The van der Waals surface area contributed by atoms with Crippen molar-refractivity contribution in [3.05, 3.63) is 33.5 Å². The van der Waals surface area contributed by atoms with E-state index < -0.39 is 4.92 Å². The lowest BCUT2D eigenvalue weighted by atomic mass is 10.2. The summed E-state index contributed by atoms with van der Waals surface area (Å²) < 4.78 is 0. The minimum absolute atomic E-state index is 0.450. The fourth-order valence-electron chi connectivity index (χ4n) is 0.659. The molecular weight excluding hydrogens is 130 g/mol. The largest absolute Gasteiger partial charge is 0.259 e. The standard InChI is InChI=1S/C7H11NO2/c1-6(2)4-7(3)5-8(9)10/h4-5H,1-3H3/b7-5+. The van der Waals surface area contributed by atoms with Gasteiger partial charge in [-0.15, -0.1) is 0 Å². The Bertz CT molecular complexity index is 188. The topological polar surface area (TPSA) is 43.1 Å². The van der Waals surface area contributed by atoms with Gasteiger partial charge in [-0.3, -0.25) is 10.1 Å². The van der Waals surface area contributed by atoms with Gasteiger partial charge < -0.3 is 0 Å². The van der Waals surface area contributed by atoms with Gasteiger partial charge in [0.05, 0.1) is 4.92 Å². The van der Waals surface area contributed by atoms with Gasteiger partial charge in [-0.2, -0.15) is 0 Å². The van der Waals surface area contributed by atoms with Crippen LogP contribution in [0.5, 0.6) is 0 Å². The van der Waals surface area contributed by atoms with Crippen molar-refractivity contribution in [2.45, 2.75) is 20.8 Å². The fraction of sp³-hybridized carbons (Fsp3) is 0.429. The molecule has 0 N–H and O–H groups in total. The first-order chi connectivity index (χ1) is 4.52. The van der Waals surface area contributed by atoms with Crippen LogP contribution in [0.25, 0.3) is 0 Å². The van der Waals surface area contributed by atoms with Crippen molar-refractivity contribution in [2.24, 2.45) is 0 Å². The molecule has 0 spiro atoms. The van der Waals surface area contributed by atoms with Gasteiger partial charge in [-0.1, -0.05) is 11.6 Å². The van der Waals surface area contributed by atoms with Crippen LogP contribution in [0, 0.1) is 10.1 Å². The number of hydrogen-bond acceptors (Lipinski definition) is 2. The first kappa shape index (κ1) is 8.88. The zero-order chi connectivity index (χ0) is 8.15. The third-order valence-corrected chi connectivity index (χ3v) is 0.825. The van der Waals surface area contributed by atoms with Crippen LogP contribution in [0.4, 0.5) is 0 Å². The van der Waals surface area contributed by atoms with Gasteiger partial charge >= 0.3 is 0 Å². The molecule has 0 rings (SSSR count). The lowest BCUT2D eigenvalue weighted by Gasteiger charge is -1.87. The van der Waals surface area contributed by atoms with Gasteiger partial charge in [0, 0.05) is 5.57 Å². The molecule has 0 saturated carbocycles. The highest BCUT2D eigenvalue weighted by molar-refractivity contribution is 5.17. The summed E-state index contributed by atoms with van der Waals surface area (Å²) >= 11 is 0. The Morgan fingerprint density at radius 3 is 2.20 bits per heavy atom. The Kier molecular flexibility index (Phi) is 3.39. The minimum Gasteiger partial charge on any atom is -0.259 e. The second-order valence-corrected chi connectivity index (χ2v) is 2.38. The van der Waals surface area contributed by atoms with Crippen LogP contribution in [0.1, 0.15) is 20.8 Å². The molecule has 3 nitrogen and oxygen atoms in total. The van der Waals surface area contributed by atoms with Crippen LogP contribution < -0.4 is 0 Å². The summed E-state index contributed by atoms with van der Waals surface area (Å²) in [5.41, 5.74) is 1.74. The van der Waals surface area contributed by atoms with E-state index in [0.717, 1.165) is 11.8 Å². The Labute approximate surface area is 60.2 Å². The molecule has 3 heteroatoms. The van der Waals surface area contributed by atoms with E-state index >= 15 is 0 Å². The summed E-state index contributed by atoms with van der Waals surface area (Å²) in [6, 6.07) is 0. The van der Waals surface area contributed by atoms with Gasteiger partial charge in [-0.25, -0.2) is 0 Å². The van der Waals surface area contributed by atoms with E-state index in [-0.39, 0.29) is 0 Å². The van der Waals surface area contributed by atoms with E-state index in [4.69, 9.17) is 0 Å². The first-order valence-electron chi connectivity index (χ1n) is 2.99. The molecule has 10 heavy (non-hydrogen) atoms. The summed E-state index contributed by atoms with van der Waals surface area (Å²) in [5, 5.41) is 9.89. The Hall–Kier alpha value is -1.12. The minimum atomic E-state index is -0.450. The molecule has 0 amide bonds. The predicted octanol–water partition coefficient (Wildman–Crippen LogP) is 2.13. The molecule has 0 radical (unpaired) electrons. The number of rotatable bonds is 2. The average Bonchev–Trinajstić information content (AvgIpc) is 1.58. The smallest absolute Gasteiger partial charge is 0.237 e. The quantitative estimate of drug-likeness (QED) is 0.336. The maximum absolute atomic E-state index is 9.89. The number of nitro groups is 1. The lowest BCUT2D eigenvalue weighted by molar-refractivity contribution is -0.403. The summed E-state index contributed by atoms with van der Waals surface area (Å²) in [7, 11) is 0. The van der Waals surface area contributed by atoms with E-state index in [1.165, 1.54) is 0 Å². The van der Waals surface area contributed by atoms with Gasteiger partial charge in [0.25, 0.3) is 0 Å². The molecule has 0 aliphatic rings. The Balaban J connectivity index is 4.22. The van der Waals surface area contributed by atoms with Crippen molar-refractivity contribution in [3.63, 3.8) is 0 Å². The molecule has 0 fully saturated rings. The maximum Gasteiger partial charge on any atom is 0.237 e. The molecule has 0 aromatic heterocycles. The summed E-state index contributed by atoms with van der Waals surface area (Å²) in [6.45, 7) is 5.50. The molecule has 0 saturated heterocycles. The van der Waals surface area contributed by atoms with Crippen LogP contribution in [-0.4, -0.2) is 4.92 Å². The van der Waals surface area contributed by atoms with Crippen molar-refractivity contribution in [2.75, 3.05) is 0 Å². The average molecular weight is 141 g/mol. The van der Waals surface area contributed by atoms with Crippen molar-refractivity contribution in [1.29, 1.82) is 0 Å². The lowest BCUT2D eigenvalue weighted by Crippen LogP contribution is -1.85. The third-order valence-electron chi connectivity index (χ3n) is 0.825. The summed E-state index contributed by atoms with van der Waals surface area (Å²) in [5.74, 6) is 0. The number of nitrogens with zero attached hydrogens (tertiary/aromatic N) is 1. The molecule has 0 unspecified atom stereocenters. The molecule has 0 aromatic carbocycles. The van der Waals surface area contributed by atoms with Gasteiger partial charge in [0.2, 0.25) is 6.20 Å². The monoisotopic (exact) mass is 141 g/mol. The van der Waals surface area contributed by atoms with Crippen molar-refractivity contribution in [3.8, 4) is 0 Å². The highest BCUT2D eigenvalue weighted by atomic mass is 16.6. The molecule has 0 bridgehead atoms. The summed E-state index contributed by atoms with van der Waals surface area (Å²) in [6.07, 6.45) is 2.76. The zero-order valence-corrected chi connectivity index (χ0v) is 6.42. The third kappa shape index (κ3) is 5.03. The zero-order valence-electron chi connectivity index (χ0n) is 6.42. The van der Waals surface area contributed by atoms with E-state index in [1.54, 1.807) is 13.0 Å². The molecule has 0 atom stereocenters. The first-order valence-corrected chi connectivity index (χ1v) is 2.99. The maximum atomic E-state index is 9.89. The molecule has 0 aliphatic carbocycles. The van der Waals surface area contributed by atoms with Crippen molar-refractivity contribution >= 4 is 0 Å². The van der Waals surface area contributed by atoms with Crippen LogP contribution in [0.15, 0.2) is 23.4 Å². The SMILES string of the molecule is CC(C)=C/C(C)=C/[N+](=O)[O-]. The molecular formula is C7H11NO2. The van der Waals surface area contributed by atoms with E-state index in [0.29, 0.717) is 5.57 Å².